The molecule has 1 rings (SSSR count). The molecule has 1 heterocycles. The van der Waals surface area contributed by atoms with Gasteiger partial charge in [0, 0.05) is 0 Å². The van der Waals surface area contributed by atoms with Crippen molar-refractivity contribution in [3.8, 4) is 0 Å². The van der Waals surface area contributed by atoms with Gasteiger partial charge in [-0.2, -0.15) is 0 Å². The van der Waals surface area contributed by atoms with Crippen molar-refractivity contribution >= 4 is 0 Å². The first-order chi connectivity index (χ1) is 14.7. The molecule has 0 unspecified atom stereocenters. The Hall–Kier alpha value is -0.460. The zero-order chi connectivity index (χ0) is 21.9. The quantitative estimate of drug-likeness (QED) is 0.190. The van der Waals surface area contributed by atoms with E-state index in [0.29, 0.717) is 6.61 Å². The summed E-state index contributed by atoms with van der Waals surface area (Å²) in [6.45, 7) is 2.99. The van der Waals surface area contributed by atoms with Crippen molar-refractivity contribution in [3.05, 3.63) is 12.2 Å². The van der Waals surface area contributed by atoms with Crippen LogP contribution < -0.4 is 0 Å². The zero-order valence-corrected chi connectivity index (χ0v) is 19.4. The van der Waals surface area contributed by atoms with Gasteiger partial charge in [0.1, 0.15) is 24.4 Å². The summed E-state index contributed by atoms with van der Waals surface area (Å²) < 4.78 is 10.6. The highest BCUT2D eigenvalue weighted by Crippen LogP contribution is 2.18. The van der Waals surface area contributed by atoms with Gasteiger partial charge in [-0.3, -0.25) is 0 Å². The fourth-order valence-corrected chi connectivity index (χ4v) is 3.93. The van der Waals surface area contributed by atoms with E-state index in [0.717, 1.165) is 12.8 Å². The van der Waals surface area contributed by atoms with Crippen molar-refractivity contribution in [1.82, 2.24) is 0 Å². The highest BCUT2D eigenvalue weighted by molar-refractivity contribution is 4.88. The molecule has 5 nitrogen and oxygen atoms in total. The summed E-state index contributed by atoms with van der Waals surface area (Å²) in [5.41, 5.74) is 0. The third-order valence-electron chi connectivity index (χ3n) is 5.93. The molecule has 0 radical (unpaired) electrons. The Balaban J connectivity index is 1.78. The van der Waals surface area contributed by atoms with Gasteiger partial charge in [0.25, 0.3) is 0 Å². The highest BCUT2D eigenvalue weighted by atomic mass is 16.5. The van der Waals surface area contributed by atoms with Gasteiger partial charge in [-0.05, 0) is 19.3 Å². The average Bonchev–Trinajstić information content (AvgIpc) is 3.08. The molecule has 5 heteroatoms. The summed E-state index contributed by atoms with van der Waals surface area (Å²) in [5, 5.41) is 29.0. The van der Waals surface area contributed by atoms with E-state index in [4.69, 9.17) is 9.47 Å². The van der Waals surface area contributed by atoms with Crippen molar-refractivity contribution in [2.24, 2.45) is 0 Å². The van der Waals surface area contributed by atoms with Crippen LogP contribution in [0.2, 0.25) is 0 Å². The van der Waals surface area contributed by atoms with Crippen LogP contribution in [0.3, 0.4) is 0 Å². The molecule has 1 aliphatic rings. The third kappa shape index (κ3) is 13.8. The Kier molecular flexibility index (Phi) is 17.7. The summed E-state index contributed by atoms with van der Waals surface area (Å²) in [7, 11) is 0. The summed E-state index contributed by atoms with van der Waals surface area (Å²) >= 11 is 0. The molecule has 0 aromatic rings. The van der Waals surface area contributed by atoms with Crippen LogP contribution >= 0.6 is 0 Å². The predicted molar refractivity (Wildman–Crippen MR) is 123 cm³/mol. The van der Waals surface area contributed by atoms with Crippen LogP contribution in [0.5, 0.6) is 0 Å². The molecular formula is C25H48O5. The number of aliphatic hydroxyl groups is 3. The van der Waals surface area contributed by atoms with Crippen LogP contribution in [0, 0.1) is 0 Å². The topological polar surface area (TPSA) is 79.2 Å². The average molecular weight is 429 g/mol. The van der Waals surface area contributed by atoms with Gasteiger partial charge in [-0.15, -0.1) is 0 Å². The van der Waals surface area contributed by atoms with Crippen LogP contribution in [0.4, 0.5) is 0 Å². The van der Waals surface area contributed by atoms with E-state index in [1.165, 1.54) is 83.5 Å². The van der Waals surface area contributed by atoms with E-state index >= 15 is 0 Å². The van der Waals surface area contributed by atoms with Crippen LogP contribution in [0.25, 0.3) is 0 Å². The molecule has 0 spiro atoms. The molecule has 0 aromatic heterocycles. The molecule has 0 bridgehead atoms. The molecule has 4 atom stereocenters. The Labute approximate surface area is 184 Å². The van der Waals surface area contributed by atoms with E-state index in [-0.39, 0.29) is 13.2 Å². The number of aliphatic hydroxyl groups excluding tert-OH is 3. The molecule has 178 valence electrons. The number of rotatable bonds is 20. The largest absolute Gasteiger partial charge is 0.388 e. The van der Waals surface area contributed by atoms with E-state index in [1.807, 2.05) is 0 Å². The van der Waals surface area contributed by atoms with E-state index in [2.05, 4.69) is 19.1 Å². The number of hydrogen-bond donors (Lipinski definition) is 3. The monoisotopic (exact) mass is 428 g/mol. The molecular weight excluding hydrogens is 380 g/mol. The smallest absolute Gasteiger partial charge is 0.114 e. The van der Waals surface area contributed by atoms with Gasteiger partial charge in [0.15, 0.2) is 0 Å². The molecule has 0 aromatic carbocycles. The molecule has 0 amide bonds. The van der Waals surface area contributed by atoms with E-state index in [1.54, 1.807) is 0 Å². The normalized spacial score (nSPS) is 22.9. The SMILES string of the molecule is CCCCCCCCCCCCCCC/C=C/CCOC[C@@H](O)[C@@H]1OC[C@H](O)[C@@H]1O. The van der Waals surface area contributed by atoms with Gasteiger partial charge in [0.05, 0.1) is 19.8 Å². The maximum Gasteiger partial charge on any atom is 0.114 e. The van der Waals surface area contributed by atoms with Crippen LogP contribution in [-0.4, -0.2) is 59.6 Å². The Morgan fingerprint density at radius 3 is 1.90 bits per heavy atom. The number of unbranched alkanes of at least 4 members (excludes halogenated alkanes) is 13. The van der Waals surface area contributed by atoms with Crippen LogP contribution in [0.1, 0.15) is 103 Å². The maximum absolute atomic E-state index is 9.94. The van der Waals surface area contributed by atoms with E-state index in [9.17, 15) is 15.3 Å². The molecule has 0 saturated carbocycles. The first kappa shape index (κ1) is 27.6. The lowest BCUT2D eigenvalue weighted by atomic mass is 10.0. The van der Waals surface area contributed by atoms with Gasteiger partial charge in [-0.25, -0.2) is 0 Å². The minimum atomic E-state index is -1.04. The predicted octanol–water partition coefficient (Wildman–Crippen LogP) is 4.91. The fraction of sp³-hybridized carbons (Fsp3) is 0.920. The van der Waals surface area contributed by atoms with Crippen molar-refractivity contribution in [2.75, 3.05) is 19.8 Å². The van der Waals surface area contributed by atoms with E-state index < -0.39 is 24.4 Å². The Morgan fingerprint density at radius 2 is 1.37 bits per heavy atom. The minimum Gasteiger partial charge on any atom is -0.388 e. The molecule has 1 aliphatic heterocycles. The lowest BCUT2D eigenvalue weighted by Gasteiger charge is -2.20. The Bertz CT molecular complexity index is 401. The van der Waals surface area contributed by atoms with Gasteiger partial charge >= 0.3 is 0 Å². The van der Waals surface area contributed by atoms with Crippen molar-refractivity contribution < 1.29 is 24.8 Å². The first-order valence-electron chi connectivity index (χ1n) is 12.5. The van der Waals surface area contributed by atoms with Gasteiger partial charge < -0.3 is 24.8 Å². The molecule has 3 N–H and O–H groups in total. The number of allylic oxidation sites excluding steroid dienone is 1. The van der Waals surface area contributed by atoms with Crippen LogP contribution in [0.15, 0.2) is 12.2 Å². The minimum absolute atomic E-state index is 0.0603. The van der Waals surface area contributed by atoms with Crippen molar-refractivity contribution in [3.63, 3.8) is 0 Å². The second-order valence-corrected chi connectivity index (χ2v) is 8.79. The summed E-state index contributed by atoms with van der Waals surface area (Å²) in [6, 6.07) is 0. The number of hydrogen-bond acceptors (Lipinski definition) is 5. The number of ether oxygens (including phenoxy) is 2. The Morgan fingerprint density at radius 1 is 0.833 bits per heavy atom. The van der Waals surface area contributed by atoms with Crippen molar-refractivity contribution in [2.45, 2.75) is 128 Å². The second kappa shape index (κ2) is 19.2. The highest BCUT2D eigenvalue weighted by Gasteiger charge is 2.39. The van der Waals surface area contributed by atoms with Crippen LogP contribution in [-0.2, 0) is 9.47 Å². The first-order valence-corrected chi connectivity index (χ1v) is 12.5. The molecule has 1 saturated heterocycles. The standard InChI is InChI=1S/C25H48O5/c1-2-3-4-5-6-7-8-9-10-11-12-13-14-15-16-17-18-19-29-20-23(27)25-24(28)22(26)21-30-25/h16-17,22-28H,2-15,18-21H2,1H3/b17-16+/t22-,23+,24-,25-/m0/s1. The van der Waals surface area contributed by atoms with Gasteiger partial charge in [0.2, 0.25) is 0 Å². The third-order valence-corrected chi connectivity index (χ3v) is 5.93. The van der Waals surface area contributed by atoms with Crippen molar-refractivity contribution in [1.29, 1.82) is 0 Å². The lowest BCUT2D eigenvalue weighted by Crippen LogP contribution is -2.40. The molecule has 0 aliphatic carbocycles. The van der Waals surface area contributed by atoms with Gasteiger partial charge in [-0.1, -0.05) is 96.1 Å². The summed E-state index contributed by atoms with van der Waals surface area (Å²) in [4.78, 5) is 0. The summed E-state index contributed by atoms with van der Waals surface area (Å²) in [5.74, 6) is 0. The molecule has 30 heavy (non-hydrogen) atoms. The zero-order valence-electron chi connectivity index (χ0n) is 19.4. The molecule has 1 fully saturated rings. The fourth-order valence-electron chi connectivity index (χ4n) is 3.93. The maximum atomic E-state index is 9.94. The lowest BCUT2D eigenvalue weighted by molar-refractivity contribution is -0.0806. The summed E-state index contributed by atoms with van der Waals surface area (Å²) in [6.07, 6.45) is 20.7. The second-order valence-electron chi connectivity index (χ2n) is 8.79.